The van der Waals surface area contributed by atoms with Gasteiger partial charge in [0, 0.05) is 11.6 Å². The van der Waals surface area contributed by atoms with E-state index in [4.69, 9.17) is 5.73 Å². The second-order valence-corrected chi connectivity index (χ2v) is 4.29. The van der Waals surface area contributed by atoms with E-state index in [-0.39, 0.29) is 0 Å². The summed E-state index contributed by atoms with van der Waals surface area (Å²) in [6.45, 7) is 2.79. The highest BCUT2D eigenvalue weighted by molar-refractivity contribution is 9.08. The van der Waals surface area contributed by atoms with Crippen molar-refractivity contribution < 1.29 is 0 Å². The normalized spacial score (nSPS) is 11.1. The Labute approximate surface area is 92.0 Å². The lowest BCUT2D eigenvalue weighted by Crippen LogP contribution is -2.01. The average Bonchev–Trinajstić information content (AvgIpc) is 2.44. The van der Waals surface area contributed by atoms with Gasteiger partial charge in [-0.3, -0.25) is 3.59 Å². The molecule has 2 aromatic rings. The SMILES string of the molecule is Cc1ccc2c(CCN)cn(Br)c2c1. The van der Waals surface area contributed by atoms with Gasteiger partial charge in [-0.1, -0.05) is 12.1 Å². The van der Waals surface area contributed by atoms with E-state index in [0.717, 1.165) is 6.42 Å². The fourth-order valence-corrected chi connectivity index (χ4v) is 2.26. The molecule has 0 atom stereocenters. The van der Waals surface area contributed by atoms with Crippen LogP contribution in [-0.2, 0) is 6.42 Å². The largest absolute Gasteiger partial charge is 0.330 e. The minimum absolute atomic E-state index is 0.694. The molecule has 0 saturated heterocycles. The molecule has 2 N–H and O–H groups in total. The van der Waals surface area contributed by atoms with E-state index < -0.39 is 0 Å². The van der Waals surface area contributed by atoms with Gasteiger partial charge < -0.3 is 5.73 Å². The van der Waals surface area contributed by atoms with Gasteiger partial charge in [-0.05, 0) is 37.1 Å². The van der Waals surface area contributed by atoms with Gasteiger partial charge in [0.2, 0.25) is 0 Å². The summed E-state index contributed by atoms with van der Waals surface area (Å²) < 4.78 is 1.99. The Morgan fingerprint density at radius 3 is 2.93 bits per heavy atom. The smallest absolute Gasteiger partial charge is 0.0596 e. The number of aromatic nitrogens is 1. The van der Waals surface area contributed by atoms with Gasteiger partial charge in [0.05, 0.1) is 21.7 Å². The Bertz CT molecular complexity index is 460. The van der Waals surface area contributed by atoms with Crippen molar-refractivity contribution in [3.8, 4) is 0 Å². The minimum Gasteiger partial charge on any atom is -0.330 e. The van der Waals surface area contributed by atoms with Gasteiger partial charge in [-0.2, -0.15) is 0 Å². The monoisotopic (exact) mass is 252 g/mol. The molecule has 1 aromatic heterocycles. The Balaban J connectivity index is 2.65. The molecule has 0 bridgehead atoms. The maximum Gasteiger partial charge on any atom is 0.0596 e. The number of aryl methyl sites for hydroxylation is 1. The molecule has 0 spiro atoms. The highest BCUT2D eigenvalue weighted by Crippen LogP contribution is 2.24. The Morgan fingerprint density at radius 2 is 2.21 bits per heavy atom. The van der Waals surface area contributed by atoms with Crippen molar-refractivity contribution in [2.24, 2.45) is 5.73 Å². The average molecular weight is 253 g/mol. The molecule has 14 heavy (non-hydrogen) atoms. The number of nitrogens with two attached hydrogens (primary N) is 1. The van der Waals surface area contributed by atoms with E-state index in [2.05, 4.69) is 47.5 Å². The Morgan fingerprint density at radius 1 is 1.43 bits per heavy atom. The molecule has 0 aliphatic carbocycles. The second-order valence-electron chi connectivity index (χ2n) is 3.52. The topological polar surface area (TPSA) is 30.9 Å². The molecule has 0 unspecified atom stereocenters. The summed E-state index contributed by atoms with van der Waals surface area (Å²) in [5.74, 6) is 0. The number of fused-ring (bicyclic) bond motifs is 1. The maximum absolute atomic E-state index is 5.57. The zero-order valence-corrected chi connectivity index (χ0v) is 9.71. The summed E-state index contributed by atoms with van der Waals surface area (Å²) in [7, 11) is 0. The van der Waals surface area contributed by atoms with E-state index in [9.17, 15) is 0 Å². The first-order valence-electron chi connectivity index (χ1n) is 4.69. The lowest BCUT2D eigenvalue weighted by atomic mass is 10.1. The molecular weight excluding hydrogens is 240 g/mol. The number of hydrogen-bond acceptors (Lipinski definition) is 1. The highest BCUT2D eigenvalue weighted by Gasteiger charge is 2.05. The first-order chi connectivity index (χ1) is 6.72. The van der Waals surface area contributed by atoms with Crippen molar-refractivity contribution in [1.29, 1.82) is 0 Å². The van der Waals surface area contributed by atoms with Gasteiger partial charge in [0.25, 0.3) is 0 Å². The lowest BCUT2D eigenvalue weighted by molar-refractivity contribution is 0.975. The van der Waals surface area contributed by atoms with E-state index in [1.54, 1.807) is 0 Å². The zero-order chi connectivity index (χ0) is 10.1. The summed E-state index contributed by atoms with van der Waals surface area (Å²) in [6.07, 6.45) is 3.02. The fourth-order valence-electron chi connectivity index (χ4n) is 1.72. The number of rotatable bonds is 2. The van der Waals surface area contributed by atoms with Crippen LogP contribution in [0.2, 0.25) is 0 Å². The van der Waals surface area contributed by atoms with Crippen molar-refractivity contribution >= 4 is 27.1 Å². The van der Waals surface area contributed by atoms with Crippen molar-refractivity contribution in [3.05, 3.63) is 35.5 Å². The minimum atomic E-state index is 0.694. The number of hydrogen-bond donors (Lipinski definition) is 1. The van der Waals surface area contributed by atoms with Gasteiger partial charge >= 0.3 is 0 Å². The molecule has 2 rings (SSSR count). The maximum atomic E-state index is 5.57. The molecule has 0 aliphatic heterocycles. The van der Waals surface area contributed by atoms with E-state index >= 15 is 0 Å². The van der Waals surface area contributed by atoms with Crippen LogP contribution in [0.5, 0.6) is 0 Å². The number of benzene rings is 1. The van der Waals surface area contributed by atoms with Crippen LogP contribution < -0.4 is 5.73 Å². The summed E-state index contributed by atoms with van der Waals surface area (Å²) in [5.41, 5.74) is 9.36. The molecule has 0 radical (unpaired) electrons. The van der Waals surface area contributed by atoms with E-state index in [1.165, 1.54) is 22.0 Å². The predicted octanol–water partition coefficient (Wildman–Crippen LogP) is 2.61. The summed E-state index contributed by atoms with van der Waals surface area (Å²) in [6, 6.07) is 6.47. The van der Waals surface area contributed by atoms with Crippen LogP contribution in [0.25, 0.3) is 10.9 Å². The van der Waals surface area contributed by atoms with E-state index in [1.807, 2.05) is 3.59 Å². The molecular formula is C11H13BrN2. The number of halogens is 1. The van der Waals surface area contributed by atoms with Crippen LogP contribution >= 0.6 is 16.1 Å². The van der Waals surface area contributed by atoms with Gasteiger partial charge in [0.15, 0.2) is 0 Å². The van der Waals surface area contributed by atoms with Crippen LogP contribution in [0.4, 0.5) is 0 Å². The summed E-state index contributed by atoms with van der Waals surface area (Å²) >= 11 is 3.50. The van der Waals surface area contributed by atoms with Crippen LogP contribution in [0.3, 0.4) is 0 Å². The van der Waals surface area contributed by atoms with Crippen molar-refractivity contribution in [3.63, 3.8) is 0 Å². The van der Waals surface area contributed by atoms with Gasteiger partial charge in [-0.15, -0.1) is 0 Å². The second kappa shape index (κ2) is 3.75. The molecule has 74 valence electrons. The third-order valence-corrected chi connectivity index (χ3v) is 3.00. The van der Waals surface area contributed by atoms with Crippen molar-refractivity contribution in [2.75, 3.05) is 6.54 Å². The standard InChI is InChI=1S/C11H13BrN2/c1-8-2-3-10-9(4-5-13)7-14(12)11(10)6-8/h2-3,6-7H,4-5,13H2,1H3. The molecule has 1 heterocycles. The van der Waals surface area contributed by atoms with Crippen molar-refractivity contribution in [2.45, 2.75) is 13.3 Å². The van der Waals surface area contributed by atoms with Crippen LogP contribution in [0.1, 0.15) is 11.1 Å². The van der Waals surface area contributed by atoms with E-state index in [0.29, 0.717) is 6.54 Å². The molecule has 1 aromatic carbocycles. The molecule has 0 fully saturated rings. The number of nitrogens with zero attached hydrogens (tertiary/aromatic N) is 1. The summed E-state index contributed by atoms with van der Waals surface area (Å²) in [5, 5.41) is 1.29. The first kappa shape index (κ1) is 9.74. The molecule has 3 heteroatoms. The zero-order valence-electron chi connectivity index (χ0n) is 8.13. The lowest BCUT2D eigenvalue weighted by Gasteiger charge is -1.97. The van der Waals surface area contributed by atoms with Crippen LogP contribution in [-0.4, -0.2) is 10.1 Å². The Hall–Kier alpha value is -0.800. The van der Waals surface area contributed by atoms with Crippen LogP contribution in [0, 0.1) is 6.92 Å². The van der Waals surface area contributed by atoms with Crippen LogP contribution in [0.15, 0.2) is 24.4 Å². The first-order valence-corrected chi connectivity index (χ1v) is 5.40. The van der Waals surface area contributed by atoms with Gasteiger partial charge in [0.1, 0.15) is 0 Å². The molecule has 2 nitrogen and oxygen atoms in total. The highest BCUT2D eigenvalue weighted by atomic mass is 79.9. The molecule has 0 saturated carbocycles. The predicted molar refractivity (Wildman–Crippen MR) is 63.8 cm³/mol. The van der Waals surface area contributed by atoms with Crippen molar-refractivity contribution in [1.82, 2.24) is 3.59 Å². The summed E-state index contributed by atoms with van der Waals surface area (Å²) in [4.78, 5) is 0. The third kappa shape index (κ3) is 1.57. The quantitative estimate of drug-likeness (QED) is 0.876. The molecule has 0 aliphatic rings. The van der Waals surface area contributed by atoms with Gasteiger partial charge in [-0.25, -0.2) is 0 Å². The third-order valence-electron chi connectivity index (χ3n) is 2.41. The molecule has 0 amide bonds. The fraction of sp³-hybridized carbons (Fsp3) is 0.273. The Kier molecular flexibility index (Phi) is 2.61.